The predicted octanol–water partition coefficient (Wildman–Crippen LogP) is 2.16. The van der Waals surface area contributed by atoms with Crippen LogP contribution in [0, 0.1) is 5.92 Å². The molecule has 1 fully saturated rings. The van der Waals surface area contributed by atoms with E-state index in [9.17, 15) is 9.59 Å². The number of nitrogens with zero attached hydrogens (tertiary/aromatic N) is 2. The lowest BCUT2D eigenvalue weighted by Gasteiger charge is -2.24. The first kappa shape index (κ1) is 18.9. The predicted molar refractivity (Wildman–Crippen MR) is 95.7 cm³/mol. The first-order valence-corrected chi connectivity index (χ1v) is 8.64. The maximum atomic E-state index is 12.5. The van der Waals surface area contributed by atoms with E-state index < -0.39 is 5.97 Å². The fourth-order valence-electron chi connectivity index (χ4n) is 2.78. The number of hydrogen-bond donors (Lipinski definition) is 2. The first-order chi connectivity index (χ1) is 12.0. The minimum atomic E-state index is -0.451. The lowest BCUT2D eigenvalue weighted by molar-refractivity contribution is -0.134. The summed E-state index contributed by atoms with van der Waals surface area (Å²) in [5, 5.41) is 6.27. The Bertz CT molecular complexity index is 607. The third-order valence-electron chi connectivity index (χ3n) is 4.22. The van der Waals surface area contributed by atoms with Crippen molar-refractivity contribution in [1.82, 2.24) is 15.3 Å². The van der Waals surface area contributed by atoms with E-state index in [4.69, 9.17) is 0 Å². The molecular weight excluding hydrogens is 320 g/mol. The van der Waals surface area contributed by atoms with E-state index in [2.05, 4.69) is 25.3 Å². The van der Waals surface area contributed by atoms with Crippen LogP contribution in [0.25, 0.3) is 6.08 Å². The van der Waals surface area contributed by atoms with E-state index in [0.717, 1.165) is 12.8 Å². The Morgan fingerprint density at radius 2 is 1.96 bits per heavy atom. The summed E-state index contributed by atoms with van der Waals surface area (Å²) >= 11 is 0. The number of methoxy groups -OCH3 is 1. The van der Waals surface area contributed by atoms with Crippen molar-refractivity contribution in [1.29, 1.82) is 0 Å². The zero-order valence-corrected chi connectivity index (χ0v) is 15.0. The molecule has 7 heteroatoms. The summed E-state index contributed by atoms with van der Waals surface area (Å²) in [6, 6.07) is -0.0844. The molecule has 1 aliphatic rings. The Kier molecular flexibility index (Phi) is 6.91. The molecule has 1 atom stereocenters. The van der Waals surface area contributed by atoms with Gasteiger partial charge in [-0.3, -0.25) is 9.78 Å². The van der Waals surface area contributed by atoms with Gasteiger partial charge in [0, 0.05) is 12.1 Å². The van der Waals surface area contributed by atoms with Crippen molar-refractivity contribution in [2.75, 3.05) is 12.4 Å². The molecule has 136 valence electrons. The zero-order valence-electron chi connectivity index (χ0n) is 15.0. The van der Waals surface area contributed by atoms with Crippen LogP contribution < -0.4 is 10.6 Å². The highest BCUT2D eigenvalue weighted by Crippen LogP contribution is 2.19. The molecule has 1 aliphatic carbocycles. The van der Waals surface area contributed by atoms with Gasteiger partial charge in [-0.15, -0.1) is 0 Å². The van der Waals surface area contributed by atoms with Crippen LogP contribution in [0.3, 0.4) is 0 Å². The van der Waals surface area contributed by atoms with Crippen LogP contribution >= 0.6 is 0 Å². The van der Waals surface area contributed by atoms with Gasteiger partial charge in [-0.25, -0.2) is 9.78 Å². The number of nitrogens with one attached hydrogen (secondary N) is 2. The highest BCUT2D eigenvalue weighted by Gasteiger charge is 2.26. The number of carbonyl (C=O) groups is 2. The standard InChI is InChI=1S/C18H26N4O3/c1-12(2)17(18(24)21-13-6-4-5-7-13)22-15-11-19-14(10-20-15)8-9-16(23)25-3/h8-13,17H,4-7H2,1-3H3,(H,20,22)(H,21,24)/t17-/m1/s1. The SMILES string of the molecule is COC(=O)C=Cc1cnc(N[C@@H](C(=O)NC2CCCC2)C(C)C)cn1. The van der Waals surface area contributed by atoms with Crippen molar-refractivity contribution >= 4 is 23.8 Å². The van der Waals surface area contributed by atoms with Gasteiger partial charge in [0.25, 0.3) is 0 Å². The minimum Gasteiger partial charge on any atom is -0.466 e. The molecule has 0 aromatic carbocycles. The van der Waals surface area contributed by atoms with Gasteiger partial charge in [0.15, 0.2) is 0 Å². The third-order valence-corrected chi connectivity index (χ3v) is 4.22. The fourth-order valence-corrected chi connectivity index (χ4v) is 2.78. The van der Waals surface area contributed by atoms with E-state index in [1.165, 1.54) is 38.3 Å². The molecular formula is C18H26N4O3. The van der Waals surface area contributed by atoms with E-state index in [0.29, 0.717) is 11.5 Å². The molecule has 1 aromatic heterocycles. The number of esters is 1. The Labute approximate surface area is 148 Å². The van der Waals surface area contributed by atoms with Gasteiger partial charge in [-0.2, -0.15) is 0 Å². The van der Waals surface area contributed by atoms with Crippen molar-refractivity contribution in [3.05, 3.63) is 24.2 Å². The maximum absolute atomic E-state index is 12.5. The third kappa shape index (κ3) is 5.85. The Morgan fingerprint density at radius 1 is 1.24 bits per heavy atom. The van der Waals surface area contributed by atoms with Crippen molar-refractivity contribution in [2.24, 2.45) is 5.92 Å². The molecule has 0 aliphatic heterocycles. The number of rotatable bonds is 7. The first-order valence-electron chi connectivity index (χ1n) is 8.64. The Hall–Kier alpha value is -2.44. The molecule has 0 unspecified atom stereocenters. The zero-order chi connectivity index (χ0) is 18.2. The molecule has 1 heterocycles. The van der Waals surface area contributed by atoms with Gasteiger partial charge >= 0.3 is 5.97 Å². The lowest BCUT2D eigenvalue weighted by Crippen LogP contribution is -2.46. The number of ether oxygens (including phenoxy) is 1. The van der Waals surface area contributed by atoms with Crippen molar-refractivity contribution < 1.29 is 14.3 Å². The molecule has 1 aromatic rings. The molecule has 7 nitrogen and oxygen atoms in total. The average molecular weight is 346 g/mol. The van der Waals surface area contributed by atoms with Crippen molar-refractivity contribution in [3.63, 3.8) is 0 Å². The van der Waals surface area contributed by atoms with Gasteiger partial charge < -0.3 is 15.4 Å². The molecule has 2 N–H and O–H groups in total. The van der Waals surface area contributed by atoms with Crippen LogP contribution in [-0.4, -0.2) is 41.0 Å². The number of anilines is 1. The van der Waals surface area contributed by atoms with Gasteiger partial charge in [0.05, 0.1) is 25.2 Å². The van der Waals surface area contributed by atoms with E-state index in [1.807, 2.05) is 13.8 Å². The summed E-state index contributed by atoms with van der Waals surface area (Å²) in [6.45, 7) is 3.99. The monoisotopic (exact) mass is 346 g/mol. The summed E-state index contributed by atoms with van der Waals surface area (Å²) < 4.78 is 4.52. The smallest absolute Gasteiger partial charge is 0.330 e. The van der Waals surface area contributed by atoms with E-state index in [-0.39, 0.29) is 23.9 Å². The summed E-state index contributed by atoms with van der Waals surface area (Å²) in [5.41, 5.74) is 0.535. The summed E-state index contributed by atoms with van der Waals surface area (Å²) in [7, 11) is 1.31. The van der Waals surface area contributed by atoms with Crippen molar-refractivity contribution in [2.45, 2.75) is 51.6 Å². The van der Waals surface area contributed by atoms with Crippen LogP contribution in [0.1, 0.15) is 45.2 Å². The normalized spacial score (nSPS) is 16.2. The van der Waals surface area contributed by atoms with E-state index >= 15 is 0 Å². The second-order valence-electron chi connectivity index (χ2n) is 6.54. The number of aromatic nitrogens is 2. The number of amides is 1. The Morgan fingerprint density at radius 3 is 2.52 bits per heavy atom. The molecule has 1 saturated carbocycles. The fraction of sp³-hybridized carbons (Fsp3) is 0.556. The Balaban J connectivity index is 1.97. The van der Waals surface area contributed by atoms with Gasteiger partial charge in [-0.1, -0.05) is 26.7 Å². The quantitative estimate of drug-likeness (QED) is 0.580. The molecule has 1 amide bonds. The van der Waals surface area contributed by atoms with Crippen molar-refractivity contribution in [3.8, 4) is 0 Å². The maximum Gasteiger partial charge on any atom is 0.330 e. The molecule has 2 rings (SSSR count). The summed E-state index contributed by atoms with van der Waals surface area (Å²) in [6.07, 6.45) is 10.4. The lowest BCUT2D eigenvalue weighted by atomic mass is 10.0. The summed E-state index contributed by atoms with van der Waals surface area (Å²) in [5.74, 6) is 0.184. The van der Waals surface area contributed by atoms with E-state index in [1.54, 1.807) is 6.20 Å². The second-order valence-corrected chi connectivity index (χ2v) is 6.54. The molecule has 0 radical (unpaired) electrons. The number of carbonyl (C=O) groups excluding carboxylic acids is 2. The van der Waals surface area contributed by atoms with Gasteiger partial charge in [-0.05, 0) is 24.8 Å². The highest BCUT2D eigenvalue weighted by atomic mass is 16.5. The topological polar surface area (TPSA) is 93.2 Å². The average Bonchev–Trinajstić information content (AvgIpc) is 3.11. The van der Waals surface area contributed by atoms with Gasteiger partial charge in [0.1, 0.15) is 11.9 Å². The molecule has 25 heavy (non-hydrogen) atoms. The van der Waals surface area contributed by atoms with Crippen LogP contribution in [-0.2, 0) is 14.3 Å². The van der Waals surface area contributed by atoms with Crippen LogP contribution in [0.2, 0.25) is 0 Å². The minimum absolute atomic E-state index is 0.00152. The molecule has 0 spiro atoms. The second kappa shape index (κ2) is 9.15. The molecule has 0 saturated heterocycles. The van der Waals surface area contributed by atoms with Crippen LogP contribution in [0.15, 0.2) is 18.5 Å². The van der Waals surface area contributed by atoms with Crippen LogP contribution in [0.5, 0.6) is 0 Å². The van der Waals surface area contributed by atoms with Crippen LogP contribution in [0.4, 0.5) is 5.82 Å². The number of hydrogen-bond acceptors (Lipinski definition) is 6. The highest BCUT2D eigenvalue weighted by molar-refractivity contribution is 5.86. The molecule has 0 bridgehead atoms. The van der Waals surface area contributed by atoms with Gasteiger partial charge in [0.2, 0.25) is 5.91 Å². The summed E-state index contributed by atoms with van der Waals surface area (Å²) in [4.78, 5) is 32.1. The largest absolute Gasteiger partial charge is 0.466 e.